The molecule has 0 radical (unpaired) electrons. The van der Waals surface area contributed by atoms with Gasteiger partial charge in [0.2, 0.25) is 5.91 Å². The summed E-state index contributed by atoms with van der Waals surface area (Å²) in [7, 11) is 0. The molecule has 0 unspecified atom stereocenters. The summed E-state index contributed by atoms with van der Waals surface area (Å²) in [4.78, 5) is 11.3. The first-order valence-corrected chi connectivity index (χ1v) is 6.21. The van der Waals surface area contributed by atoms with E-state index in [1.807, 2.05) is 18.2 Å². The number of benzene rings is 1. The maximum Gasteiger partial charge on any atom is 0.230 e. The summed E-state index contributed by atoms with van der Waals surface area (Å²) in [6.45, 7) is 0.489. The second-order valence-corrected chi connectivity index (χ2v) is 4.48. The predicted octanol–water partition coefficient (Wildman–Crippen LogP) is 2.21. The third kappa shape index (κ3) is 5.06. The number of carbonyl (C=O) groups excluding carboxylic acids is 1. The van der Waals surface area contributed by atoms with Crippen LogP contribution in [0.15, 0.2) is 24.3 Å². The average Bonchev–Trinajstić information content (AvgIpc) is 2.29. The first-order chi connectivity index (χ1) is 7.72. The minimum Gasteiger partial charge on any atom is -0.351 e. The van der Waals surface area contributed by atoms with E-state index in [1.165, 1.54) is 11.8 Å². The van der Waals surface area contributed by atoms with Crippen molar-refractivity contribution >= 4 is 29.3 Å². The summed E-state index contributed by atoms with van der Waals surface area (Å²) in [5.41, 5.74) is 1.00. The Morgan fingerprint density at radius 2 is 2.12 bits per heavy atom. The zero-order chi connectivity index (χ0) is 11.8. The van der Waals surface area contributed by atoms with Crippen molar-refractivity contribution in [3.8, 4) is 6.07 Å². The number of nitrogens with one attached hydrogen (secondary N) is 1. The molecule has 0 spiro atoms. The van der Waals surface area contributed by atoms with E-state index in [2.05, 4.69) is 5.32 Å². The van der Waals surface area contributed by atoms with Gasteiger partial charge in [0.25, 0.3) is 0 Å². The molecule has 0 aliphatic heterocycles. The van der Waals surface area contributed by atoms with E-state index in [1.54, 1.807) is 12.1 Å². The lowest BCUT2D eigenvalue weighted by Gasteiger charge is -2.04. The molecule has 16 heavy (non-hydrogen) atoms. The van der Waals surface area contributed by atoms with Crippen LogP contribution in [-0.2, 0) is 11.3 Å². The fraction of sp³-hybridized carbons (Fsp3) is 0.273. The Bertz CT molecular complexity index is 386. The molecule has 1 aromatic carbocycles. The van der Waals surface area contributed by atoms with Crippen LogP contribution in [0, 0.1) is 11.3 Å². The van der Waals surface area contributed by atoms with E-state index >= 15 is 0 Å². The molecular weight excluding hydrogens is 244 g/mol. The Hall–Kier alpha value is -1.18. The van der Waals surface area contributed by atoms with Gasteiger partial charge in [-0.2, -0.15) is 5.26 Å². The average molecular weight is 255 g/mol. The van der Waals surface area contributed by atoms with Gasteiger partial charge >= 0.3 is 0 Å². The Kier molecular flexibility index (Phi) is 5.76. The first kappa shape index (κ1) is 12.9. The molecule has 0 atom stereocenters. The summed E-state index contributed by atoms with van der Waals surface area (Å²) in [5.74, 6) is 0.602. The highest BCUT2D eigenvalue weighted by atomic mass is 35.5. The van der Waals surface area contributed by atoms with Crippen molar-refractivity contribution in [2.45, 2.75) is 6.54 Å². The lowest BCUT2D eigenvalue weighted by molar-refractivity contribution is -0.118. The molecule has 0 fully saturated rings. The molecule has 1 amide bonds. The van der Waals surface area contributed by atoms with Crippen LogP contribution in [0.4, 0.5) is 0 Å². The first-order valence-electron chi connectivity index (χ1n) is 4.68. The normalized spacial score (nSPS) is 9.50. The molecule has 0 bridgehead atoms. The molecule has 1 N–H and O–H groups in total. The molecular formula is C11H11ClN2OS. The molecule has 3 nitrogen and oxygen atoms in total. The molecule has 0 aromatic heterocycles. The zero-order valence-corrected chi connectivity index (χ0v) is 10.1. The van der Waals surface area contributed by atoms with Gasteiger partial charge < -0.3 is 5.32 Å². The van der Waals surface area contributed by atoms with E-state index in [0.29, 0.717) is 23.1 Å². The molecule has 1 aromatic rings. The van der Waals surface area contributed by atoms with Gasteiger partial charge in [0.1, 0.15) is 0 Å². The third-order valence-corrected chi connectivity index (χ3v) is 2.85. The van der Waals surface area contributed by atoms with E-state index in [9.17, 15) is 4.79 Å². The highest BCUT2D eigenvalue weighted by Gasteiger charge is 2.00. The summed E-state index contributed by atoms with van der Waals surface area (Å²) in [6.07, 6.45) is 0. The van der Waals surface area contributed by atoms with Gasteiger partial charge in [-0.05, 0) is 17.7 Å². The highest BCUT2D eigenvalue weighted by molar-refractivity contribution is 8.00. The smallest absolute Gasteiger partial charge is 0.230 e. The quantitative estimate of drug-likeness (QED) is 0.820. The van der Waals surface area contributed by atoms with Gasteiger partial charge in [-0.3, -0.25) is 4.79 Å². The van der Waals surface area contributed by atoms with Crippen LogP contribution in [0.25, 0.3) is 0 Å². The van der Waals surface area contributed by atoms with Crippen LogP contribution in [0.3, 0.4) is 0 Å². The van der Waals surface area contributed by atoms with Gasteiger partial charge in [0, 0.05) is 11.6 Å². The van der Waals surface area contributed by atoms with Crippen LogP contribution in [0.2, 0.25) is 5.02 Å². The standard InChI is InChI=1S/C11H11ClN2OS/c12-10-3-1-9(2-4-10)7-14-11(15)8-16-6-5-13/h1-4H,6-8H2,(H,14,15). The maximum atomic E-state index is 11.3. The SMILES string of the molecule is N#CCSCC(=O)NCc1ccc(Cl)cc1. The van der Waals surface area contributed by atoms with E-state index in [0.717, 1.165) is 5.56 Å². The van der Waals surface area contributed by atoms with Crippen LogP contribution in [0.5, 0.6) is 0 Å². The van der Waals surface area contributed by atoms with Crippen LogP contribution >= 0.6 is 23.4 Å². The van der Waals surface area contributed by atoms with Gasteiger partial charge in [-0.15, -0.1) is 11.8 Å². The van der Waals surface area contributed by atoms with Gasteiger partial charge in [0.15, 0.2) is 0 Å². The van der Waals surface area contributed by atoms with E-state index in [4.69, 9.17) is 16.9 Å². The van der Waals surface area contributed by atoms with Crippen LogP contribution < -0.4 is 5.32 Å². The Morgan fingerprint density at radius 1 is 1.44 bits per heavy atom. The van der Waals surface area contributed by atoms with Gasteiger partial charge in [-0.1, -0.05) is 23.7 Å². The van der Waals surface area contributed by atoms with E-state index < -0.39 is 0 Å². The Labute approximate surface area is 104 Å². The van der Waals surface area contributed by atoms with Crippen molar-refractivity contribution in [2.24, 2.45) is 0 Å². The van der Waals surface area contributed by atoms with Crippen molar-refractivity contribution in [3.05, 3.63) is 34.9 Å². The minimum absolute atomic E-state index is 0.0600. The summed E-state index contributed by atoms with van der Waals surface area (Å²) in [6, 6.07) is 9.27. The number of thioether (sulfide) groups is 1. The monoisotopic (exact) mass is 254 g/mol. The lowest BCUT2D eigenvalue weighted by atomic mass is 10.2. The maximum absolute atomic E-state index is 11.3. The van der Waals surface area contributed by atoms with Crippen molar-refractivity contribution in [2.75, 3.05) is 11.5 Å². The number of hydrogen-bond donors (Lipinski definition) is 1. The number of nitrogens with zero attached hydrogens (tertiary/aromatic N) is 1. The summed E-state index contributed by atoms with van der Waals surface area (Å²) < 4.78 is 0. The highest BCUT2D eigenvalue weighted by Crippen LogP contribution is 2.09. The number of halogens is 1. The Morgan fingerprint density at radius 3 is 2.75 bits per heavy atom. The van der Waals surface area contributed by atoms with Crippen molar-refractivity contribution in [1.29, 1.82) is 5.26 Å². The minimum atomic E-state index is -0.0600. The molecule has 0 saturated carbocycles. The van der Waals surface area contributed by atoms with Crippen molar-refractivity contribution < 1.29 is 4.79 Å². The van der Waals surface area contributed by atoms with Gasteiger partial charge in [-0.25, -0.2) is 0 Å². The predicted molar refractivity (Wildman–Crippen MR) is 66.2 cm³/mol. The number of nitriles is 1. The largest absolute Gasteiger partial charge is 0.351 e. The van der Waals surface area contributed by atoms with E-state index in [-0.39, 0.29) is 5.91 Å². The lowest BCUT2D eigenvalue weighted by Crippen LogP contribution is -2.24. The number of rotatable bonds is 5. The zero-order valence-electron chi connectivity index (χ0n) is 8.57. The summed E-state index contributed by atoms with van der Waals surface area (Å²) >= 11 is 7.04. The summed E-state index contributed by atoms with van der Waals surface area (Å²) in [5, 5.41) is 11.7. The molecule has 5 heteroatoms. The number of amides is 1. The second-order valence-electron chi connectivity index (χ2n) is 3.05. The number of carbonyl (C=O) groups is 1. The molecule has 0 saturated heterocycles. The van der Waals surface area contributed by atoms with Crippen molar-refractivity contribution in [3.63, 3.8) is 0 Å². The molecule has 84 valence electrons. The fourth-order valence-corrected chi connectivity index (χ4v) is 1.65. The topological polar surface area (TPSA) is 52.9 Å². The molecule has 1 rings (SSSR count). The second kappa shape index (κ2) is 7.15. The van der Waals surface area contributed by atoms with Crippen LogP contribution in [0.1, 0.15) is 5.56 Å². The fourth-order valence-electron chi connectivity index (χ4n) is 1.04. The molecule has 0 aliphatic rings. The Balaban J connectivity index is 2.26. The third-order valence-electron chi connectivity index (χ3n) is 1.80. The van der Waals surface area contributed by atoms with Crippen LogP contribution in [-0.4, -0.2) is 17.4 Å². The van der Waals surface area contributed by atoms with Crippen molar-refractivity contribution in [1.82, 2.24) is 5.32 Å². The van der Waals surface area contributed by atoms with Gasteiger partial charge in [0.05, 0.1) is 17.6 Å². The molecule has 0 heterocycles. The number of hydrogen-bond acceptors (Lipinski definition) is 3. The molecule has 0 aliphatic carbocycles.